The van der Waals surface area contributed by atoms with Crippen molar-refractivity contribution in [1.82, 2.24) is 0 Å². The summed E-state index contributed by atoms with van der Waals surface area (Å²) in [4.78, 5) is 25.9. The van der Waals surface area contributed by atoms with Gasteiger partial charge in [0.2, 0.25) is 0 Å². The van der Waals surface area contributed by atoms with Crippen LogP contribution in [-0.4, -0.2) is 11.6 Å². The van der Waals surface area contributed by atoms with E-state index in [1.54, 1.807) is 0 Å². The highest BCUT2D eigenvalue weighted by atomic mass is 16.1. The Kier molecular flexibility index (Phi) is 4.16. The van der Waals surface area contributed by atoms with Crippen LogP contribution in [-0.2, 0) is 9.59 Å². The van der Waals surface area contributed by atoms with Crippen LogP contribution in [0.1, 0.15) is 49.7 Å². The maximum absolute atomic E-state index is 12.9. The fraction of sp³-hybridized carbons (Fsp3) is 0.357. The van der Waals surface area contributed by atoms with Crippen LogP contribution in [0.2, 0.25) is 0 Å². The van der Waals surface area contributed by atoms with E-state index in [9.17, 15) is 9.59 Å². The highest BCUT2D eigenvalue weighted by Gasteiger charge is 2.50. The highest BCUT2D eigenvalue weighted by Crippen LogP contribution is 2.58. The molecule has 30 heavy (non-hydrogen) atoms. The van der Waals surface area contributed by atoms with Gasteiger partial charge < -0.3 is 0 Å². The average Bonchev–Trinajstić information content (AvgIpc) is 3.49. The third kappa shape index (κ3) is 2.62. The predicted molar refractivity (Wildman–Crippen MR) is 118 cm³/mol. The van der Waals surface area contributed by atoms with Crippen LogP contribution >= 0.6 is 0 Å². The Hall–Kier alpha value is -2.74. The van der Waals surface area contributed by atoms with Gasteiger partial charge >= 0.3 is 0 Å². The van der Waals surface area contributed by atoms with Gasteiger partial charge in [0.25, 0.3) is 0 Å². The van der Waals surface area contributed by atoms with E-state index in [1.165, 1.54) is 24.0 Å². The first-order chi connectivity index (χ1) is 14.7. The van der Waals surface area contributed by atoms with E-state index >= 15 is 0 Å². The van der Waals surface area contributed by atoms with Gasteiger partial charge in [-0.3, -0.25) is 9.59 Å². The van der Waals surface area contributed by atoms with Crippen LogP contribution in [0.4, 0.5) is 0 Å². The van der Waals surface area contributed by atoms with Crippen LogP contribution in [0.3, 0.4) is 0 Å². The Morgan fingerprint density at radius 1 is 0.567 bits per heavy atom. The summed E-state index contributed by atoms with van der Waals surface area (Å²) in [5, 5.41) is 0. The Balaban J connectivity index is 1.32. The number of fused-ring (bicyclic) bond motifs is 2. The third-order valence-electron chi connectivity index (χ3n) is 8.11. The molecule has 2 fully saturated rings. The molecule has 2 saturated carbocycles. The van der Waals surface area contributed by atoms with E-state index < -0.39 is 0 Å². The number of hydrogen-bond donors (Lipinski definition) is 0. The number of carbonyl (C=O) groups excluding carboxylic acids is 2. The second-order valence-electron chi connectivity index (χ2n) is 9.41. The minimum atomic E-state index is 0.326. The summed E-state index contributed by atoms with van der Waals surface area (Å²) >= 11 is 0. The molecule has 4 aliphatic carbocycles. The highest BCUT2D eigenvalue weighted by molar-refractivity contribution is 6.25. The molecule has 0 unspecified atom stereocenters. The lowest BCUT2D eigenvalue weighted by Crippen LogP contribution is -2.23. The van der Waals surface area contributed by atoms with Crippen LogP contribution in [0.25, 0.3) is 11.1 Å². The van der Waals surface area contributed by atoms with Crippen molar-refractivity contribution in [3.63, 3.8) is 0 Å². The molecule has 4 atom stereocenters. The molecule has 2 nitrogen and oxygen atoms in total. The van der Waals surface area contributed by atoms with Crippen molar-refractivity contribution in [3.8, 4) is 0 Å². The Bertz CT molecular complexity index is 1000. The summed E-state index contributed by atoms with van der Waals surface area (Å²) < 4.78 is 0. The molecule has 4 aliphatic rings. The number of ketones is 2. The molecule has 0 amide bonds. The number of benzene rings is 2. The van der Waals surface area contributed by atoms with Crippen LogP contribution in [0, 0.1) is 23.7 Å². The maximum atomic E-state index is 12.9. The second-order valence-corrected chi connectivity index (χ2v) is 9.41. The molecule has 0 bridgehead atoms. The summed E-state index contributed by atoms with van der Waals surface area (Å²) in [6.07, 6.45) is 5.79. The minimum Gasteiger partial charge on any atom is -0.294 e. The minimum absolute atomic E-state index is 0.326. The smallest absolute Gasteiger partial charge is 0.164 e. The quantitative estimate of drug-likeness (QED) is 0.650. The zero-order valence-electron chi connectivity index (χ0n) is 17.1. The van der Waals surface area contributed by atoms with Gasteiger partial charge in [0.15, 0.2) is 11.6 Å². The standard InChI is InChI=1S/C28H26O2/c29-25-15-23-19(11-13-21(23)27(25)17-7-3-1-4-8-17)20-12-14-22-24(20)16-26(30)28(22)18-9-5-2-6-10-18/h1-10,19-20,23-24H,11-16H2/t19-,20-,23-,24-/m1/s1. The lowest BCUT2D eigenvalue weighted by Gasteiger charge is -2.27. The largest absolute Gasteiger partial charge is 0.294 e. The Labute approximate surface area is 177 Å². The first kappa shape index (κ1) is 18.1. The zero-order chi connectivity index (χ0) is 20.2. The summed E-state index contributed by atoms with van der Waals surface area (Å²) in [6.45, 7) is 0. The first-order valence-electron chi connectivity index (χ1n) is 11.4. The molecule has 0 radical (unpaired) electrons. The Morgan fingerprint density at radius 3 is 1.37 bits per heavy atom. The van der Waals surface area contributed by atoms with Gasteiger partial charge in [-0.1, -0.05) is 71.8 Å². The molecule has 2 heteroatoms. The van der Waals surface area contributed by atoms with Gasteiger partial charge in [0, 0.05) is 24.0 Å². The van der Waals surface area contributed by atoms with Crippen LogP contribution < -0.4 is 0 Å². The molecule has 0 aliphatic heterocycles. The van der Waals surface area contributed by atoms with E-state index in [0.717, 1.165) is 35.1 Å². The average molecular weight is 395 g/mol. The van der Waals surface area contributed by atoms with Crippen molar-refractivity contribution in [2.24, 2.45) is 23.7 Å². The number of rotatable bonds is 3. The molecule has 6 rings (SSSR count). The van der Waals surface area contributed by atoms with E-state index in [1.807, 2.05) is 36.4 Å². The van der Waals surface area contributed by atoms with Crippen molar-refractivity contribution in [3.05, 3.63) is 82.9 Å². The topological polar surface area (TPSA) is 34.1 Å². The van der Waals surface area contributed by atoms with Gasteiger partial charge in [0.1, 0.15) is 0 Å². The molecule has 0 spiro atoms. The molecule has 0 saturated heterocycles. The van der Waals surface area contributed by atoms with E-state index in [0.29, 0.717) is 48.1 Å². The monoisotopic (exact) mass is 394 g/mol. The van der Waals surface area contributed by atoms with Crippen molar-refractivity contribution in [2.75, 3.05) is 0 Å². The lowest BCUT2D eigenvalue weighted by molar-refractivity contribution is -0.115. The summed E-state index contributed by atoms with van der Waals surface area (Å²) in [5.41, 5.74) is 7.00. The van der Waals surface area contributed by atoms with Gasteiger partial charge in [-0.2, -0.15) is 0 Å². The first-order valence-corrected chi connectivity index (χ1v) is 11.4. The summed E-state index contributed by atoms with van der Waals surface area (Å²) in [6, 6.07) is 20.4. The fourth-order valence-corrected chi connectivity index (χ4v) is 6.99. The van der Waals surface area contributed by atoms with Crippen LogP contribution in [0.15, 0.2) is 71.8 Å². The molecule has 0 aromatic heterocycles. The summed E-state index contributed by atoms with van der Waals surface area (Å²) in [7, 11) is 0. The maximum Gasteiger partial charge on any atom is 0.164 e. The lowest BCUT2D eigenvalue weighted by atomic mass is 9.76. The van der Waals surface area contributed by atoms with Crippen molar-refractivity contribution in [1.29, 1.82) is 0 Å². The number of Topliss-reactive ketones (excluding diaryl/α,β-unsaturated/α-hetero) is 2. The molecule has 0 N–H and O–H groups in total. The van der Waals surface area contributed by atoms with E-state index in [4.69, 9.17) is 0 Å². The fourth-order valence-electron chi connectivity index (χ4n) is 6.99. The number of carbonyl (C=O) groups is 2. The van der Waals surface area contributed by atoms with E-state index in [-0.39, 0.29) is 0 Å². The van der Waals surface area contributed by atoms with Gasteiger partial charge in [0.05, 0.1) is 0 Å². The van der Waals surface area contributed by atoms with E-state index in [2.05, 4.69) is 24.3 Å². The zero-order valence-corrected chi connectivity index (χ0v) is 17.1. The molecule has 2 aromatic carbocycles. The van der Waals surface area contributed by atoms with Crippen molar-refractivity contribution < 1.29 is 9.59 Å². The third-order valence-corrected chi connectivity index (χ3v) is 8.11. The van der Waals surface area contributed by atoms with Gasteiger partial charge in [-0.05, 0) is 60.5 Å². The predicted octanol–water partition coefficient (Wildman–Crippen LogP) is 5.89. The van der Waals surface area contributed by atoms with Crippen molar-refractivity contribution in [2.45, 2.75) is 38.5 Å². The van der Waals surface area contributed by atoms with Gasteiger partial charge in [-0.15, -0.1) is 0 Å². The van der Waals surface area contributed by atoms with Gasteiger partial charge in [-0.25, -0.2) is 0 Å². The second kappa shape index (κ2) is 6.91. The van der Waals surface area contributed by atoms with Crippen molar-refractivity contribution >= 4 is 22.7 Å². The number of hydrogen-bond acceptors (Lipinski definition) is 2. The molecule has 150 valence electrons. The molecule has 0 heterocycles. The SMILES string of the molecule is O=C1C[C@H]2C(=C1c1ccccc1)CC[C@@H]2[C@H]1CCC2=C(c3ccccc3)C(=O)C[C@@H]21. The normalized spacial score (nSPS) is 30.4. The number of allylic oxidation sites excluding steroid dienone is 4. The molecular formula is C28H26O2. The summed E-state index contributed by atoms with van der Waals surface area (Å²) in [5.74, 6) is 2.55. The molecule has 2 aromatic rings. The Morgan fingerprint density at radius 2 is 0.967 bits per heavy atom. The molecular weight excluding hydrogens is 368 g/mol. The van der Waals surface area contributed by atoms with Crippen LogP contribution in [0.5, 0.6) is 0 Å².